The van der Waals surface area contributed by atoms with Crippen LogP contribution in [0, 0.1) is 11.3 Å². The van der Waals surface area contributed by atoms with Crippen molar-refractivity contribution in [3.8, 4) is 6.07 Å². The van der Waals surface area contributed by atoms with Gasteiger partial charge < -0.3 is 5.11 Å². The summed E-state index contributed by atoms with van der Waals surface area (Å²) in [6.45, 7) is 3.64. The Labute approximate surface area is 163 Å². The predicted molar refractivity (Wildman–Crippen MR) is 108 cm³/mol. The fourth-order valence-electron chi connectivity index (χ4n) is 3.53. The number of aliphatic hydroxyl groups is 1. The molecule has 4 rings (SSSR count). The fourth-order valence-corrected chi connectivity index (χ4v) is 3.53. The monoisotopic (exact) mass is 372 g/mol. The molecule has 1 atom stereocenters. The van der Waals surface area contributed by atoms with E-state index in [1.54, 1.807) is 43.3 Å². The van der Waals surface area contributed by atoms with Crippen LogP contribution in [0.4, 0.5) is 16.2 Å². The Morgan fingerprint density at radius 1 is 1.18 bits per heavy atom. The number of hydrogen-bond acceptors (Lipinski definition) is 4. The zero-order valence-corrected chi connectivity index (χ0v) is 15.7. The normalized spacial score (nSPS) is 17.2. The van der Waals surface area contributed by atoms with E-state index >= 15 is 0 Å². The molecule has 28 heavy (non-hydrogen) atoms. The average Bonchev–Trinajstić information content (AvgIpc) is 3.03. The minimum absolute atomic E-state index is 0.244. The van der Waals surface area contributed by atoms with Crippen LogP contribution in [0.5, 0.6) is 0 Å². The SMILES string of the molecule is CC(C)(O)c1cccc(N2C[C@H](C#N)N(c3cncc4ccccc34)C2=O)c1. The molecule has 3 aromatic rings. The number of amides is 2. The van der Waals surface area contributed by atoms with Gasteiger partial charge in [-0.2, -0.15) is 5.26 Å². The zero-order chi connectivity index (χ0) is 19.9. The van der Waals surface area contributed by atoms with Crippen LogP contribution in [0.2, 0.25) is 0 Å². The molecule has 2 amide bonds. The van der Waals surface area contributed by atoms with Crippen LogP contribution >= 0.6 is 0 Å². The molecule has 0 radical (unpaired) electrons. The Balaban J connectivity index is 1.78. The quantitative estimate of drug-likeness (QED) is 0.758. The van der Waals surface area contributed by atoms with Gasteiger partial charge in [-0.1, -0.05) is 36.4 Å². The van der Waals surface area contributed by atoms with Crippen LogP contribution in [0.15, 0.2) is 60.9 Å². The summed E-state index contributed by atoms with van der Waals surface area (Å²) in [6, 6.07) is 16.2. The lowest BCUT2D eigenvalue weighted by Crippen LogP contribution is -2.34. The molecule has 140 valence electrons. The highest BCUT2D eigenvalue weighted by molar-refractivity contribution is 6.11. The van der Waals surface area contributed by atoms with Crippen LogP contribution in [0.25, 0.3) is 10.8 Å². The second-order valence-electron chi connectivity index (χ2n) is 7.40. The van der Waals surface area contributed by atoms with Crippen LogP contribution in [0.1, 0.15) is 19.4 Å². The number of rotatable bonds is 3. The molecule has 1 aromatic heterocycles. The van der Waals surface area contributed by atoms with Gasteiger partial charge in [0.15, 0.2) is 0 Å². The Hall–Kier alpha value is -3.43. The van der Waals surface area contributed by atoms with Gasteiger partial charge in [0.25, 0.3) is 0 Å². The molecule has 6 nitrogen and oxygen atoms in total. The summed E-state index contributed by atoms with van der Waals surface area (Å²) in [5.41, 5.74) is 0.958. The number of carbonyl (C=O) groups is 1. The highest BCUT2D eigenvalue weighted by atomic mass is 16.3. The van der Waals surface area contributed by atoms with E-state index in [1.165, 1.54) is 4.90 Å². The fraction of sp³-hybridized carbons (Fsp3) is 0.227. The van der Waals surface area contributed by atoms with Crippen molar-refractivity contribution >= 4 is 28.2 Å². The molecular formula is C22H20N4O2. The molecule has 0 aliphatic carbocycles. The first kappa shape index (κ1) is 18.0. The second kappa shape index (κ2) is 6.63. The van der Waals surface area contributed by atoms with Gasteiger partial charge in [-0.3, -0.25) is 14.8 Å². The Bertz CT molecular complexity index is 1090. The van der Waals surface area contributed by atoms with E-state index in [0.717, 1.165) is 10.8 Å². The average molecular weight is 372 g/mol. The molecule has 1 fully saturated rings. The van der Waals surface area contributed by atoms with E-state index in [-0.39, 0.29) is 12.6 Å². The molecule has 1 N–H and O–H groups in total. The number of anilines is 2. The molecule has 6 heteroatoms. The molecular weight excluding hydrogens is 352 g/mol. The smallest absolute Gasteiger partial charge is 0.330 e. The lowest BCUT2D eigenvalue weighted by atomic mass is 9.98. The predicted octanol–water partition coefficient (Wildman–Crippen LogP) is 3.80. The van der Waals surface area contributed by atoms with Crippen molar-refractivity contribution < 1.29 is 9.90 Å². The maximum Gasteiger partial charge on any atom is 0.330 e. The summed E-state index contributed by atoms with van der Waals surface area (Å²) < 4.78 is 0. The largest absolute Gasteiger partial charge is 0.386 e. The van der Waals surface area contributed by atoms with E-state index in [9.17, 15) is 15.2 Å². The standard InChI is InChI=1S/C22H20N4O2/c1-22(2,28)16-7-5-8-17(10-16)25-14-18(11-23)26(21(25)27)20-13-24-12-15-6-3-4-9-19(15)20/h3-10,12-13,18,28H,14H2,1-2H3/t18-/m0/s1. The van der Waals surface area contributed by atoms with Crippen molar-refractivity contribution in [1.29, 1.82) is 5.26 Å². The third kappa shape index (κ3) is 2.96. The lowest BCUT2D eigenvalue weighted by Gasteiger charge is -2.23. The van der Waals surface area contributed by atoms with E-state index in [2.05, 4.69) is 11.1 Å². The van der Waals surface area contributed by atoms with E-state index in [1.807, 2.05) is 36.4 Å². The van der Waals surface area contributed by atoms with Crippen molar-refractivity contribution in [2.45, 2.75) is 25.5 Å². The molecule has 0 bridgehead atoms. The molecule has 0 saturated carbocycles. The second-order valence-corrected chi connectivity index (χ2v) is 7.40. The minimum atomic E-state index is -1.02. The van der Waals surface area contributed by atoms with Gasteiger partial charge in [-0.25, -0.2) is 4.79 Å². The number of pyridine rings is 1. The van der Waals surface area contributed by atoms with Crippen molar-refractivity contribution in [2.24, 2.45) is 0 Å². The number of benzene rings is 2. The maximum absolute atomic E-state index is 13.3. The van der Waals surface area contributed by atoms with Gasteiger partial charge in [0.2, 0.25) is 0 Å². The number of fused-ring (bicyclic) bond motifs is 1. The highest BCUT2D eigenvalue weighted by Gasteiger charge is 2.40. The Kier molecular flexibility index (Phi) is 4.25. The summed E-state index contributed by atoms with van der Waals surface area (Å²) >= 11 is 0. The summed E-state index contributed by atoms with van der Waals surface area (Å²) in [4.78, 5) is 20.6. The maximum atomic E-state index is 13.3. The number of urea groups is 1. The van der Waals surface area contributed by atoms with Gasteiger partial charge in [-0.15, -0.1) is 0 Å². The van der Waals surface area contributed by atoms with Gasteiger partial charge >= 0.3 is 6.03 Å². The lowest BCUT2D eigenvalue weighted by molar-refractivity contribution is 0.0786. The molecule has 2 heterocycles. The van der Waals surface area contributed by atoms with Gasteiger partial charge in [-0.05, 0) is 31.5 Å². The number of aromatic nitrogens is 1. The van der Waals surface area contributed by atoms with Crippen molar-refractivity contribution in [3.63, 3.8) is 0 Å². The van der Waals surface area contributed by atoms with E-state index in [0.29, 0.717) is 16.9 Å². The zero-order valence-electron chi connectivity index (χ0n) is 15.7. The van der Waals surface area contributed by atoms with Crippen LogP contribution in [0.3, 0.4) is 0 Å². The molecule has 0 unspecified atom stereocenters. The Morgan fingerprint density at radius 2 is 1.96 bits per heavy atom. The van der Waals surface area contributed by atoms with E-state index in [4.69, 9.17) is 0 Å². The summed E-state index contributed by atoms with van der Waals surface area (Å²) in [6.07, 6.45) is 3.37. The van der Waals surface area contributed by atoms with Crippen molar-refractivity contribution in [1.82, 2.24) is 4.98 Å². The number of carbonyl (C=O) groups excluding carboxylic acids is 1. The number of hydrogen-bond donors (Lipinski definition) is 1. The Morgan fingerprint density at radius 3 is 2.71 bits per heavy atom. The molecule has 1 saturated heterocycles. The third-order valence-corrected chi connectivity index (χ3v) is 5.02. The molecule has 1 aliphatic heterocycles. The van der Waals surface area contributed by atoms with Gasteiger partial charge in [0.1, 0.15) is 6.04 Å². The summed E-state index contributed by atoms with van der Waals surface area (Å²) in [7, 11) is 0. The molecule has 0 spiro atoms. The molecule has 2 aromatic carbocycles. The first-order chi connectivity index (χ1) is 13.4. The van der Waals surface area contributed by atoms with Gasteiger partial charge in [0, 0.05) is 22.7 Å². The number of nitrogens with zero attached hydrogens (tertiary/aromatic N) is 4. The van der Waals surface area contributed by atoms with Crippen molar-refractivity contribution in [3.05, 3.63) is 66.5 Å². The minimum Gasteiger partial charge on any atom is -0.386 e. The van der Waals surface area contributed by atoms with Gasteiger partial charge in [0.05, 0.1) is 30.1 Å². The highest BCUT2D eigenvalue weighted by Crippen LogP contribution is 2.34. The topological polar surface area (TPSA) is 80.5 Å². The summed E-state index contributed by atoms with van der Waals surface area (Å²) in [5, 5.41) is 21.8. The first-order valence-electron chi connectivity index (χ1n) is 9.06. The summed E-state index contributed by atoms with van der Waals surface area (Å²) in [5.74, 6) is 0. The van der Waals surface area contributed by atoms with E-state index < -0.39 is 11.6 Å². The van der Waals surface area contributed by atoms with Crippen LogP contribution in [-0.2, 0) is 5.60 Å². The van der Waals surface area contributed by atoms with Crippen LogP contribution in [-0.4, -0.2) is 28.7 Å². The molecule has 1 aliphatic rings. The van der Waals surface area contributed by atoms with Crippen molar-refractivity contribution in [2.75, 3.05) is 16.3 Å². The third-order valence-electron chi connectivity index (χ3n) is 5.02. The van der Waals surface area contributed by atoms with Crippen LogP contribution < -0.4 is 9.80 Å². The first-order valence-corrected chi connectivity index (χ1v) is 9.06. The number of nitriles is 1.